The molecular formula is C16H21ClFN3O2. The van der Waals surface area contributed by atoms with Crippen LogP contribution in [0.15, 0.2) is 18.2 Å². The van der Waals surface area contributed by atoms with Crippen LogP contribution in [0.25, 0.3) is 0 Å². The van der Waals surface area contributed by atoms with Crippen LogP contribution >= 0.6 is 11.6 Å². The molecule has 1 aliphatic rings. The summed E-state index contributed by atoms with van der Waals surface area (Å²) in [5.41, 5.74) is 0.186. The van der Waals surface area contributed by atoms with Crippen LogP contribution in [-0.4, -0.2) is 30.4 Å². The van der Waals surface area contributed by atoms with Crippen molar-refractivity contribution in [2.24, 2.45) is 0 Å². The molecule has 0 bridgehead atoms. The van der Waals surface area contributed by atoms with Crippen molar-refractivity contribution in [3.63, 3.8) is 0 Å². The summed E-state index contributed by atoms with van der Waals surface area (Å²) in [6.45, 7) is 2.64. The smallest absolute Gasteiger partial charge is 0.313 e. The summed E-state index contributed by atoms with van der Waals surface area (Å²) in [4.78, 5) is 23.6. The Balaban J connectivity index is 1.72. The Hall–Kier alpha value is -1.66. The van der Waals surface area contributed by atoms with Crippen LogP contribution in [0.5, 0.6) is 0 Å². The maximum atomic E-state index is 13.3. The Morgan fingerprint density at radius 2 is 2.09 bits per heavy atom. The van der Waals surface area contributed by atoms with Gasteiger partial charge in [-0.25, -0.2) is 4.39 Å². The molecule has 126 valence electrons. The van der Waals surface area contributed by atoms with Gasteiger partial charge in [-0.05, 0) is 50.9 Å². The highest BCUT2D eigenvalue weighted by Gasteiger charge is 2.18. The number of hydrogen-bond acceptors (Lipinski definition) is 3. The number of rotatable bonds is 6. The SMILES string of the molecule is CC(CCNC1CCC1)NC(=O)C(=O)Nc1ccc(Cl)c(F)c1. The molecule has 1 aliphatic carbocycles. The molecule has 2 amide bonds. The summed E-state index contributed by atoms with van der Waals surface area (Å²) in [7, 11) is 0. The minimum absolute atomic E-state index is 0.0416. The van der Waals surface area contributed by atoms with E-state index in [4.69, 9.17) is 11.6 Å². The van der Waals surface area contributed by atoms with E-state index < -0.39 is 17.6 Å². The Morgan fingerprint density at radius 1 is 1.35 bits per heavy atom. The second-order valence-electron chi connectivity index (χ2n) is 5.83. The third-order valence-corrected chi connectivity index (χ3v) is 4.18. The molecule has 1 aromatic rings. The van der Waals surface area contributed by atoms with E-state index in [0.717, 1.165) is 19.0 Å². The number of nitrogens with one attached hydrogen (secondary N) is 3. The fourth-order valence-corrected chi connectivity index (χ4v) is 2.36. The van der Waals surface area contributed by atoms with Gasteiger partial charge in [0.2, 0.25) is 0 Å². The van der Waals surface area contributed by atoms with Gasteiger partial charge in [-0.3, -0.25) is 9.59 Å². The molecule has 2 rings (SSSR count). The van der Waals surface area contributed by atoms with Crippen LogP contribution in [0.3, 0.4) is 0 Å². The molecule has 1 unspecified atom stereocenters. The van der Waals surface area contributed by atoms with Gasteiger partial charge in [0.25, 0.3) is 0 Å². The Kier molecular flexibility index (Phi) is 6.36. The number of amides is 2. The normalized spacial score (nSPS) is 15.6. The lowest BCUT2D eigenvalue weighted by atomic mass is 9.93. The van der Waals surface area contributed by atoms with Gasteiger partial charge in [-0.1, -0.05) is 18.0 Å². The minimum atomic E-state index is -0.828. The Bertz CT molecular complexity index is 578. The molecule has 7 heteroatoms. The van der Waals surface area contributed by atoms with Gasteiger partial charge in [0, 0.05) is 17.8 Å². The molecule has 1 saturated carbocycles. The maximum Gasteiger partial charge on any atom is 0.313 e. The molecule has 0 saturated heterocycles. The van der Waals surface area contributed by atoms with E-state index in [2.05, 4.69) is 16.0 Å². The minimum Gasteiger partial charge on any atom is -0.345 e. The van der Waals surface area contributed by atoms with Gasteiger partial charge in [0.05, 0.1) is 5.02 Å². The van der Waals surface area contributed by atoms with E-state index in [-0.39, 0.29) is 16.8 Å². The molecule has 5 nitrogen and oxygen atoms in total. The predicted molar refractivity (Wildman–Crippen MR) is 87.9 cm³/mol. The van der Waals surface area contributed by atoms with Gasteiger partial charge < -0.3 is 16.0 Å². The first-order valence-corrected chi connectivity index (χ1v) is 8.14. The molecule has 1 fully saturated rings. The lowest BCUT2D eigenvalue weighted by Gasteiger charge is -2.27. The van der Waals surface area contributed by atoms with Crippen molar-refractivity contribution in [1.29, 1.82) is 0 Å². The van der Waals surface area contributed by atoms with Crippen molar-refractivity contribution in [3.05, 3.63) is 29.0 Å². The highest BCUT2D eigenvalue weighted by atomic mass is 35.5. The number of carbonyl (C=O) groups is 2. The Morgan fingerprint density at radius 3 is 2.70 bits per heavy atom. The van der Waals surface area contributed by atoms with Crippen molar-refractivity contribution >= 4 is 29.1 Å². The van der Waals surface area contributed by atoms with Gasteiger partial charge >= 0.3 is 11.8 Å². The molecule has 1 atom stereocenters. The molecular weight excluding hydrogens is 321 g/mol. The van der Waals surface area contributed by atoms with E-state index in [0.29, 0.717) is 6.04 Å². The lowest BCUT2D eigenvalue weighted by Crippen LogP contribution is -2.43. The van der Waals surface area contributed by atoms with Crippen LogP contribution in [0.1, 0.15) is 32.6 Å². The van der Waals surface area contributed by atoms with Gasteiger partial charge in [-0.2, -0.15) is 0 Å². The van der Waals surface area contributed by atoms with Crippen molar-refractivity contribution in [2.45, 2.75) is 44.7 Å². The molecule has 0 radical (unpaired) electrons. The molecule has 0 spiro atoms. The fourth-order valence-electron chi connectivity index (χ4n) is 2.24. The third kappa shape index (κ3) is 5.48. The average molecular weight is 342 g/mol. The lowest BCUT2D eigenvalue weighted by molar-refractivity contribution is -0.136. The van der Waals surface area contributed by atoms with E-state index in [1.165, 1.54) is 31.4 Å². The van der Waals surface area contributed by atoms with Crippen molar-refractivity contribution in [2.75, 3.05) is 11.9 Å². The third-order valence-electron chi connectivity index (χ3n) is 3.88. The van der Waals surface area contributed by atoms with Crippen LogP contribution in [-0.2, 0) is 9.59 Å². The monoisotopic (exact) mass is 341 g/mol. The molecule has 0 aliphatic heterocycles. The molecule has 3 N–H and O–H groups in total. The summed E-state index contributed by atoms with van der Waals surface area (Å²) < 4.78 is 13.3. The quantitative estimate of drug-likeness (QED) is 0.696. The number of halogens is 2. The van der Waals surface area contributed by atoms with Crippen molar-refractivity contribution in [1.82, 2.24) is 10.6 Å². The van der Waals surface area contributed by atoms with Gasteiger partial charge in [0.15, 0.2) is 0 Å². The zero-order valence-electron chi connectivity index (χ0n) is 13.0. The average Bonchev–Trinajstić information content (AvgIpc) is 2.45. The standard InChI is InChI=1S/C16H21ClFN3O2/c1-10(7-8-19-11-3-2-4-11)20-15(22)16(23)21-12-5-6-13(17)14(18)9-12/h5-6,9-11,19H,2-4,7-8H2,1H3,(H,20,22)(H,21,23). The number of benzene rings is 1. The van der Waals surface area contributed by atoms with E-state index in [1.807, 2.05) is 6.92 Å². The van der Waals surface area contributed by atoms with E-state index in [9.17, 15) is 14.0 Å². The predicted octanol–water partition coefficient (Wildman–Crippen LogP) is 2.45. The maximum absolute atomic E-state index is 13.3. The summed E-state index contributed by atoms with van der Waals surface area (Å²) in [5, 5.41) is 8.32. The summed E-state index contributed by atoms with van der Waals surface area (Å²) >= 11 is 5.56. The van der Waals surface area contributed by atoms with Gasteiger partial charge in [-0.15, -0.1) is 0 Å². The summed E-state index contributed by atoms with van der Waals surface area (Å²) in [6.07, 6.45) is 4.43. The molecule has 0 aromatic heterocycles. The second kappa shape index (κ2) is 8.26. The topological polar surface area (TPSA) is 70.2 Å². The second-order valence-corrected chi connectivity index (χ2v) is 6.24. The van der Waals surface area contributed by atoms with Crippen LogP contribution < -0.4 is 16.0 Å². The molecule has 0 heterocycles. The largest absolute Gasteiger partial charge is 0.345 e. The van der Waals surface area contributed by atoms with E-state index in [1.54, 1.807) is 0 Å². The first-order chi connectivity index (χ1) is 11.0. The first-order valence-electron chi connectivity index (χ1n) is 7.76. The van der Waals surface area contributed by atoms with Crippen LogP contribution in [0.4, 0.5) is 10.1 Å². The van der Waals surface area contributed by atoms with E-state index >= 15 is 0 Å². The van der Waals surface area contributed by atoms with Crippen LogP contribution in [0.2, 0.25) is 5.02 Å². The number of hydrogen-bond donors (Lipinski definition) is 3. The van der Waals surface area contributed by atoms with Crippen molar-refractivity contribution < 1.29 is 14.0 Å². The number of anilines is 1. The highest BCUT2D eigenvalue weighted by molar-refractivity contribution is 6.39. The summed E-state index contributed by atoms with van der Waals surface area (Å²) in [5.74, 6) is -2.22. The first kappa shape index (κ1) is 17.7. The molecule has 23 heavy (non-hydrogen) atoms. The van der Waals surface area contributed by atoms with Crippen LogP contribution in [0, 0.1) is 5.82 Å². The fraction of sp³-hybridized carbons (Fsp3) is 0.500. The zero-order chi connectivity index (χ0) is 16.8. The number of carbonyl (C=O) groups excluding carboxylic acids is 2. The zero-order valence-corrected chi connectivity index (χ0v) is 13.8. The Labute approximate surface area is 140 Å². The van der Waals surface area contributed by atoms with Gasteiger partial charge in [0.1, 0.15) is 5.82 Å². The highest BCUT2D eigenvalue weighted by Crippen LogP contribution is 2.19. The van der Waals surface area contributed by atoms with Crippen molar-refractivity contribution in [3.8, 4) is 0 Å². The summed E-state index contributed by atoms with van der Waals surface area (Å²) in [6, 6.07) is 4.30. The molecule has 1 aromatic carbocycles.